The predicted octanol–water partition coefficient (Wildman–Crippen LogP) is 4.78. The van der Waals surface area contributed by atoms with Crippen molar-refractivity contribution in [2.24, 2.45) is 10.7 Å². The van der Waals surface area contributed by atoms with Crippen LogP contribution in [-0.4, -0.2) is 29.0 Å². The quantitative estimate of drug-likeness (QED) is 0.202. The van der Waals surface area contributed by atoms with Crippen LogP contribution >= 0.6 is 0 Å². The van der Waals surface area contributed by atoms with E-state index in [1.54, 1.807) is 12.4 Å². The molecule has 0 amide bonds. The van der Waals surface area contributed by atoms with E-state index in [1.165, 1.54) is 70.6 Å². The number of hydrogen-bond acceptors (Lipinski definition) is 4. The van der Waals surface area contributed by atoms with E-state index in [0.29, 0.717) is 0 Å². The molecule has 0 radical (unpaired) electrons. The molecule has 5 nitrogen and oxygen atoms in total. The zero-order valence-electron chi connectivity index (χ0n) is 18.8. The number of quaternary nitrogens is 1. The third-order valence-corrected chi connectivity index (χ3v) is 5.80. The number of carbonyl (C=O) groups excluding carboxylic acids is 1. The Morgan fingerprint density at radius 2 is 1.59 bits per heavy atom. The molecule has 0 saturated heterocycles. The molecule has 1 aliphatic rings. The molecule has 0 saturated carbocycles. The maximum Gasteiger partial charge on any atom is 0.209 e. The number of amidine groups is 1. The molecule has 0 aliphatic carbocycles. The number of aliphatic carboxylic acids is 1. The summed E-state index contributed by atoms with van der Waals surface area (Å²) in [6, 6.07) is 0. The van der Waals surface area contributed by atoms with Gasteiger partial charge in [-0.15, -0.1) is 0 Å². The summed E-state index contributed by atoms with van der Waals surface area (Å²) in [4.78, 5) is 15.5. The second kappa shape index (κ2) is 15.4. The molecule has 0 aromatic heterocycles. The minimum atomic E-state index is -1.09. The average Bonchev–Trinajstić information content (AvgIpc) is 3.08. The number of carbonyl (C=O) groups is 1. The first-order valence-electron chi connectivity index (χ1n) is 11.8. The third-order valence-electron chi connectivity index (χ3n) is 5.80. The first-order chi connectivity index (χ1) is 14.0. The standard InChI is InChI=1S/C24H43N3O2/c1-3-4-5-6-7-8-9-10-11-12-13-14-15-16-17-18-23-26-19-20-27(23,22(2)25)21-24(28)29/h5-6,19-20,22H,3-4,7-18,21,25H2,1-2H3/b6-5+. The lowest BCUT2D eigenvalue weighted by molar-refractivity contribution is -0.808. The van der Waals surface area contributed by atoms with Crippen LogP contribution in [0.25, 0.3) is 0 Å². The highest BCUT2D eigenvalue weighted by molar-refractivity contribution is 5.81. The summed E-state index contributed by atoms with van der Waals surface area (Å²) in [5.74, 6) is -0.233. The largest absolute Gasteiger partial charge is 0.544 e. The van der Waals surface area contributed by atoms with Crippen molar-refractivity contribution < 1.29 is 14.4 Å². The molecule has 2 unspecified atom stereocenters. The summed E-state index contributed by atoms with van der Waals surface area (Å²) in [5, 5.41) is 11.1. The average molecular weight is 406 g/mol. The molecule has 1 aliphatic heterocycles. The Hall–Kier alpha value is -1.46. The molecule has 29 heavy (non-hydrogen) atoms. The van der Waals surface area contributed by atoms with Crippen LogP contribution in [0.2, 0.25) is 0 Å². The number of nitrogens with two attached hydrogens (primary N) is 1. The molecule has 0 bridgehead atoms. The molecule has 0 spiro atoms. The summed E-state index contributed by atoms with van der Waals surface area (Å²) >= 11 is 0. The summed E-state index contributed by atoms with van der Waals surface area (Å²) in [6.07, 6.45) is 25.1. The van der Waals surface area contributed by atoms with Gasteiger partial charge in [0.25, 0.3) is 0 Å². The van der Waals surface area contributed by atoms with Crippen LogP contribution in [-0.2, 0) is 4.79 Å². The zero-order chi connectivity index (χ0) is 21.4. The molecule has 1 rings (SSSR count). The molecular weight excluding hydrogens is 362 g/mol. The van der Waals surface area contributed by atoms with Gasteiger partial charge in [0.15, 0.2) is 0 Å². The van der Waals surface area contributed by atoms with Crippen molar-refractivity contribution in [2.75, 3.05) is 6.54 Å². The van der Waals surface area contributed by atoms with Crippen LogP contribution in [0.4, 0.5) is 0 Å². The summed E-state index contributed by atoms with van der Waals surface area (Å²) in [5.41, 5.74) is 6.07. The van der Waals surface area contributed by atoms with Crippen LogP contribution in [0.3, 0.4) is 0 Å². The molecule has 0 aromatic rings. The second-order valence-corrected chi connectivity index (χ2v) is 8.38. The fourth-order valence-corrected chi connectivity index (χ4v) is 3.94. The molecular formula is C24H43N3O2. The molecule has 0 fully saturated rings. The van der Waals surface area contributed by atoms with Gasteiger partial charge in [-0.3, -0.25) is 5.73 Å². The lowest BCUT2D eigenvalue weighted by atomic mass is 10.0. The molecule has 1 heterocycles. The van der Waals surface area contributed by atoms with Gasteiger partial charge in [-0.25, -0.2) is 9.48 Å². The highest BCUT2D eigenvalue weighted by Crippen LogP contribution is 2.23. The topological polar surface area (TPSA) is 78.5 Å². The molecule has 5 heteroatoms. The third kappa shape index (κ3) is 10.2. The number of carboxylic acid groups (broad SMARTS) is 1. The number of allylic oxidation sites excluding steroid dienone is 2. The molecule has 2 atom stereocenters. The van der Waals surface area contributed by atoms with Gasteiger partial charge < -0.3 is 9.90 Å². The van der Waals surface area contributed by atoms with Crippen molar-refractivity contribution in [1.29, 1.82) is 0 Å². The minimum Gasteiger partial charge on any atom is -0.544 e. The van der Waals surface area contributed by atoms with E-state index >= 15 is 0 Å². The number of hydrogen-bond donors (Lipinski definition) is 1. The van der Waals surface area contributed by atoms with E-state index in [1.807, 2.05) is 6.92 Å². The number of unbranched alkanes of at least 4 members (excludes halogenated alkanes) is 11. The number of nitrogens with zero attached hydrogens (tertiary/aromatic N) is 2. The van der Waals surface area contributed by atoms with Crippen molar-refractivity contribution in [3.05, 3.63) is 24.6 Å². The van der Waals surface area contributed by atoms with Gasteiger partial charge in [-0.1, -0.05) is 76.9 Å². The fraction of sp³-hybridized carbons (Fsp3) is 0.750. The lowest BCUT2D eigenvalue weighted by Crippen LogP contribution is -2.60. The van der Waals surface area contributed by atoms with Crippen LogP contribution in [0.5, 0.6) is 0 Å². The smallest absolute Gasteiger partial charge is 0.209 e. The summed E-state index contributed by atoms with van der Waals surface area (Å²) < 4.78 is 0.108. The highest BCUT2D eigenvalue weighted by Gasteiger charge is 2.38. The van der Waals surface area contributed by atoms with E-state index < -0.39 is 5.97 Å². The number of rotatable bonds is 18. The lowest BCUT2D eigenvalue weighted by Gasteiger charge is -2.36. The Morgan fingerprint density at radius 1 is 1.03 bits per heavy atom. The van der Waals surface area contributed by atoms with Gasteiger partial charge in [0.05, 0.1) is 12.2 Å². The normalized spacial score (nSPS) is 19.8. The van der Waals surface area contributed by atoms with Crippen LogP contribution in [0.15, 0.2) is 29.5 Å². The summed E-state index contributed by atoms with van der Waals surface area (Å²) in [7, 11) is 0. The first-order valence-corrected chi connectivity index (χ1v) is 11.8. The molecule has 0 aromatic carbocycles. The fourth-order valence-electron chi connectivity index (χ4n) is 3.94. The highest BCUT2D eigenvalue weighted by atomic mass is 16.4. The zero-order valence-corrected chi connectivity index (χ0v) is 18.8. The van der Waals surface area contributed by atoms with Crippen molar-refractivity contribution in [2.45, 2.75) is 110 Å². The van der Waals surface area contributed by atoms with Crippen molar-refractivity contribution in [1.82, 2.24) is 0 Å². The van der Waals surface area contributed by atoms with E-state index in [-0.39, 0.29) is 17.2 Å². The first kappa shape index (κ1) is 25.6. The van der Waals surface area contributed by atoms with Crippen LogP contribution < -0.4 is 10.8 Å². The number of carboxylic acids is 1. The van der Waals surface area contributed by atoms with Gasteiger partial charge in [0.2, 0.25) is 5.84 Å². The van der Waals surface area contributed by atoms with E-state index in [4.69, 9.17) is 5.73 Å². The van der Waals surface area contributed by atoms with Crippen LogP contribution in [0.1, 0.15) is 104 Å². The Morgan fingerprint density at radius 3 is 2.14 bits per heavy atom. The van der Waals surface area contributed by atoms with E-state index in [0.717, 1.165) is 25.1 Å². The Balaban J connectivity index is 2.02. The van der Waals surface area contributed by atoms with Gasteiger partial charge in [-0.05, 0) is 25.7 Å². The maximum absolute atomic E-state index is 11.1. The molecule has 166 valence electrons. The maximum atomic E-state index is 11.1. The Labute approximate surface area is 178 Å². The monoisotopic (exact) mass is 405 g/mol. The van der Waals surface area contributed by atoms with E-state index in [2.05, 4.69) is 24.1 Å². The SMILES string of the molecule is CCC/C=C/CCCCCCCCCCCCC1=NC=C[N+]1(CC(=O)[O-])C(C)N. The van der Waals surface area contributed by atoms with Gasteiger partial charge in [0, 0.05) is 13.3 Å². The van der Waals surface area contributed by atoms with Crippen molar-refractivity contribution >= 4 is 11.8 Å². The molecule has 2 N–H and O–H groups in total. The second-order valence-electron chi connectivity index (χ2n) is 8.38. The van der Waals surface area contributed by atoms with Gasteiger partial charge >= 0.3 is 0 Å². The summed E-state index contributed by atoms with van der Waals surface area (Å²) in [6.45, 7) is 3.91. The van der Waals surface area contributed by atoms with Gasteiger partial charge in [0.1, 0.15) is 18.9 Å². The van der Waals surface area contributed by atoms with Crippen LogP contribution in [0, 0.1) is 0 Å². The Kier molecular flexibility index (Phi) is 13.6. The van der Waals surface area contributed by atoms with Gasteiger partial charge in [-0.2, -0.15) is 0 Å². The van der Waals surface area contributed by atoms with Crippen molar-refractivity contribution in [3.8, 4) is 0 Å². The number of aliphatic imine (C=N–C) groups is 1. The van der Waals surface area contributed by atoms with E-state index in [9.17, 15) is 9.90 Å². The minimum absolute atomic E-state index is 0.108. The Bertz CT molecular complexity index is 540. The predicted molar refractivity (Wildman–Crippen MR) is 120 cm³/mol. The van der Waals surface area contributed by atoms with Crippen molar-refractivity contribution in [3.63, 3.8) is 0 Å².